The first kappa shape index (κ1) is 18.8. The highest BCUT2D eigenvalue weighted by atomic mass is 35.5. The molecule has 0 unspecified atom stereocenters. The number of aromatic nitrogens is 2. The first-order valence-corrected chi connectivity index (χ1v) is 8.65. The van der Waals surface area contributed by atoms with Gasteiger partial charge in [0.15, 0.2) is 11.6 Å². The van der Waals surface area contributed by atoms with E-state index in [9.17, 15) is 4.79 Å². The van der Waals surface area contributed by atoms with E-state index in [4.69, 9.17) is 28.9 Å². The van der Waals surface area contributed by atoms with Gasteiger partial charge in [-0.15, -0.1) is 0 Å². The lowest BCUT2D eigenvalue weighted by atomic mass is 10.2. The van der Waals surface area contributed by atoms with Crippen molar-refractivity contribution in [2.24, 2.45) is 0 Å². The maximum atomic E-state index is 11.1. The van der Waals surface area contributed by atoms with Crippen LogP contribution in [0.25, 0.3) is 0 Å². The molecule has 0 saturated carbocycles. The van der Waals surface area contributed by atoms with Crippen LogP contribution in [0.1, 0.15) is 6.92 Å². The van der Waals surface area contributed by atoms with Gasteiger partial charge in [0.2, 0.25) is 5.91 Å². The van der Waals surface area contributed by atoms with Gasteiger partial charge in [-0.05, 0) is 42.5 Å². The summed E-state index contributed by atoms with van der Waals surface area (Å²) >= 11 is 12.1. The zero-order valence-electron chi connectivity index (χ0n) is 14.3. The van der Waals surface area contributed by atoms with Crippen molar-refractivity contribution in [1.82, 2.24) is 9.97 Å². The Balaban J connectivity index is 1.79. The highest BCUT2D eigenvalue weighted by molar-refractivity contribution is 6.36. The molecular weight excluding hydrogens is 387 g/mol. The minimum absolute atomic E-state index is 0.132. The largest absolute Gasteiger partial charge is 0.393 e. The van der Waals surface area contributed by atoms with Crippen LogP contribution in [0.5, 0.6) is 0 Å². The van der Waals surface area contributed by atoms with Gasteiger partial charge in [-0.3, -0.25) is 4.79 Å². The molecule has 0 saturated heterocycles. The highest BCUT2D eigenvalue weighted by Crippen LogP contribution is 2.32. The third-order valence-electron chi connectivity index (χ3n) is 3.54. The summed E-state index contributed by atoms with van der Waals surface area (Å²) < 4.78 is 0. The summed E-state index contributed by atoms with van der Waals surface area (Å²) in [7, 11) is 0. The predicted octanol–water partition coefficient (Wildman–Crippen LogP) is 4.81. The molecule has 3 aromatic rings. The third-order valence-corrected chi connectivity index (χ3v) is 4.08. The molecule has 0 fully saturated rings. The van der Waals surface area contributed by atoms with Crippen molar-refractivity contribution in [3.05, 3.63) is 58.8 Å². The lowest BCUT2D eigenvalue weighted by Gasteiger charge is -2.13. The van der Waals surface area contributed by atoms with Gasteiger partial charge in [0.25, 0.3) is 0 Å². The van der Waals surface area contributed by atoms with Crippen molar-refractivity contribution < 1.29 is 4.79 Å². The van der Waals surface area contributed by atoms with Crippen LogP contribution < -0.4 is 21.7 Å². The topological polar surface area (TPSA) is 105 Å². The van der Waals surface area contributed by atoms with E-state index < -0.39 is 0 Å². The van der Waals surface area contributed by atoms with Crippen molar-refractivity contribution in [3.8, 4) is 0 Å². The number of nitrogens with two attached hydrogens (primary N) is 1. The summed E-state index contributed by atoms with van der Waals surface area (Å²) in [5.74, 6) is 0.712. The van der Waals surface area contributed by atoms with E-state index in [0.29, 0.717) is 38.7 Å². The van der Waals surface area contributed by atoms with E-state index in [2.05, 4.69) is 25.9 Å². The zero-order chi connectivity index (χ0) is 19.4. The molecule has 138 valence electrons. The van der Waals surface area contributed by atoms with Crippen LogP contribution in [0.3, 0.4) is 0 Å². The zero-order valence-corrected chi connectivity index (χ0v) is 15.8. The molecule has 0 aliphatic carbocycles. The van der Waals surface area contributed by atoms with Crippen molar-refractivity contribution in [1.29, 1.82) is 0 Å². The van der Waals surface area contributed by atoms with Gasteiger partial charge in [0.1, 0.15) is 12.0 Å². The van der Waals surface area contributed by atoms with E-state index in [1.807, 2.05) is 0 Å². The van der Waals surface area contributed by atoms with Crippen molar-refractivity contribution in [3.63, 3.8) is 0 Å². The number of nitrogens with one attached hydrogen (secondary N) is 3. The second kappa shape index (κ2) is 8.11. The van der Waals surface area contributed by atoms with Crippen LogP contribution in [-0.4, -0.2) is 15.9 Å². The summed E-state index contributed by atoms with van der Waals surface area (Å²) in [4.78, 5) is 19.4. The molecule has 2 aromatic carbocycles. The molecule has 1 aromatic heterocycles. The smallest absolute Gasteiger partial charge is 0.221 e. The lowest BCUT2D eigenvalue weighted by molar-refractivity contribution is -0.114. The Morgan fingerprint density at radius 2 is 1.59 bits per heavy atom. The second-order valence-electron chi connectivity index (χ2n) is 5.62. The van der Waals surface area contributed by atoms with Crippen molar-refractivity contribution >= 4 is 63.5 Å². The van der Waals surface area contributed by atoms with E-state index in [-0.39, 0.29) is 5.91 Å². The first-order valence-electron chi connectivity index (χ1n) is 7.89. The minimum atomic E-state index is -0.132. The molecule has 0 aliphatic heterocycles. The second-order valence-corrected chi connectivity index (χ2v) is 6.46. The van der Waals surface area contributed by atoms with Crippen LogP contribution in [0, 0.1) is 0 Å². The average molecular weight is 403 g/mol. The SMILES string of the molecule is CC(=O)Nc1ccc(Nc2ncnc(Nc3ccc(Cl)cc3Cl)c2N)cc1. The molecule has 1 heterocycles. The van der Waals surface area contributed by atoms with Crippen LogP contribution in [-0.2, 0) is 4.79 Å². The Labute approximate surface area is 165 Å². The highest BCUT2D eigenvalue weighted by Gasteiger charge is 2.10. The standard InChI is InChI=1S/C18H16Cl2N6O/c1-10(27)24-12-3-5-13(6-4-12)25-17-16(21)18(23-9-22-17)26-15-7-2-11(19)8-14(15)20/h2-9H,21H2,1H3,(H,24,27)(H2,22,23,25,26). The number of rotatable bonds is 5. The number of hydrogen-bond acceptors (Lipinski definition) is 6. The van der Waals surface area contributed by atoms with E-state index >= 15 is 0 Å². The maximum Gasteiger partial charge on any atom is 0.221 e. The molecule has 7 nitrogen and oxygen atoms in total. The quantitative estimate of drug-likeness (QED) is 0.487. The van der Waals surface area contributed by atoms with Crippen molar-refractivity contribution in [2.45, 2.75) is 6.92 Å². The van der Waals surface area contributed by atoms with Gasteiger partial charge in [-0.1, -0.05) is 23.2 Å². The fraction of sp³-hybridized carbons (Fsp3) is 0.0556. The monoisotopic (exact) mass is 402 g/mol. The summed E-state index contributed by atoms with van der Waals surface area (Å²) in [6.07, 6.45) is 1.39. The Morgan fingerprint density at radius 1 is 0.963 bits per heavy atom. The molecule has 0 atom stereocenters. The van der Waals surface area contributed by atoms with Gasteiger partial charge in [-0.2, -0.15) is 0 Å². The van der Waals surface area contributed by atoms with Crippen LogP contribution in [0.4, 0.5) is 34.4 Å². The molecule has 0 radical (unpaired) electrons. The van der Waals surface area contributed by atoms with Crippen LogP contribution >= 0.6 is 23.2 Å². The molecule has 3 rings (SSSR count). The number of amides is 1. The van der Waals surface area contributed by atoms with Crippen molar-refractivity contribution in [2.75, 3.05) is 21.7 Å². The lowest BCUT2D eigenvalue weighted by Crippen LogP contribution is -2.06. The number of halogens is 2. The number of hydrogen-bond donors (Lipinski definition) is 4. The number of carbonyl (C=O) groups is 1. The molecule has 5 N–H and O–H groups in total. The summed E-state index contributed by atoms with van der Waals surface area (Å²) in [6, 6.07) is 12.2. The summed E-state index contributed by atoms with van der Waals surface area (Å²) in [6.45, 7) is 1.45. The average Bonchev–Trinajstić information content (AvgIpc) is 2.62. The van der Waals surface area contributed by atoms with Gasteiger partial charge >= 0.3 is 0 Å². The number of benzene rings is 2. The fourth-order valence-corrected chi connectivity index (χ4v) is 2.75. The fourth-order valence-electron chi connectivity index (χ4n) is 2.29. The van der Waals surface area contributed by atoms with Gasteiger partial charge in [0, 0.05) is 23.3 Å². The van der Waals surface area contributed by atoms with Gasteiger partial charge in [0.05, 0.1) is 10.7 Å². The van der Waals surface area contributed by atoms with Gasteiger partial charge < -0.3 is 21.7 Å². The molecule has 0 bridgehead atoms. The minimum Gasteiger partial charge on any atom is -0.393 e. The third kappa shape index (κ3) is 4.78. The molecule has 1 amide bonds. The normalized spacial score (nSPS) is 10.3. The van der Waals surface area contributed by atoms with E-state index in [1.54, 1.807) is 42.5 Å². The summed E-state index contributed by atoms with van der Waals surface area (Å²) in [5, 5.41) is 9.88. The maximum absolute atomic E-state index is 11.1. The Bertz CT molecular complexity index is 978. The number of nitrogens with zero attached hydrogens (tertiary/aromatic N) is 2. The number of nitrogen functional groups attached to an aromatic ring is 1. The van der Waals surface area contributed by atoms with E-state index in [0.717, 1.165) is 5.69 Å². The Morgan fingerprint density at radius 3 is 2.22 bits per heavy atom. The molecule has 9 heteroatoms. The Kier molecular flexibility index (Phi) is 5.63. The van der Waals surface area contributed by atoms with E-state index in [1.165, 1.54) is 13.3 Å². The number of anilines is 6. The molecule has 0 spiro atoms. The predicted molar refractivity (Wildman–Crippen MR) is 110 cm³/mol. The summed E-state index contributed by atoms with van der Waals surface area (Å²) in [5.41, 5.74) is 8.58. The van der Waals surface area contributed by atoms with Gasteiger partial charge in [-0.25, -0.2) is 9.97 Å². The molecule has 0 aliphatic rings. The van der Waals surface area contributed by atoms with Crippen LogP contribution in [0.15, 0.2) is 48.8 Å². The molecule has 27 heavy (non-hydrogen) atoms. The Hall–Kier alpha value is -3.03. The number of carbonyl (C=O) groups excluding carboxylic acids is 1. The van der Waals surface area contributed by atoms with Crippen LogP contribution in [0.2, 0.25) is 10.0 Å². The first-order chi connectivity index (χ1) is 12.9. The molecular formula is C18H16Cl2N6O.